The lowest BCUT2D eigenvalue weighted by Crippen LogP contribution is -2.34. The summed E-state index contributed by atoms with van der Waals surface area (Å²) in [6.07, 6.45) is 1.05. The smallest absolute Gasteiger partial charge is 0.410 e. The van der Waals surface area contributed by atoms with Crippen LogP contribution in [0.4, 0.5) is 20.7 Å². The van der Waals surface area contributed by atoms with E-state index in [0.29, 0.717) is 27.8 Å². The van der Waals surface area contributed by atoms with Gasteiger partial charge in [-0.15, -0.1) is 23.7 Å². The summed E-state index contributed by atoms with van der Waals surface area (Å²) in [6, 6.07) is 13.4. The third-order valence-corrected chi connectivity index (χ3v) is 6.36. The van der Waals surface area contributed by atoms with Crippen molar-refractivity contribution < 1.29 is 18.7 Å². The van der Waals surface area contributed by atoms with Gasteiger partial charge in [0.25, 0.3) is 0 Å². The molecule has 0 aliphatic rings. The molecule has 11 heteroatoms. The van der Waals surface area contributed by atoms with Crippen LogP contribution in [0.1, 0.15) is 31.2 Å². The zero-order chi connectivity index (χ0) is 27.3. The van der Waals surface area contributed by atoms with Crippen LogP contribution in [0.2, 0.25) is 5.02 Å². The van der Waals surface area contributed by atoms with Crippen LogP contribution in [0.15, 0.2) is 54.9 Å². The number of rotatable bonds is 6. The molecule has 0 bridgehead atoms. The highest BCUT2D eigenvalue weighted by atomic mass is 35.5. The Morgan fingerprint density at radius 3 is 2.69 bits per heavy atom. The Balaban J connectivity index is 0.00000420. The van der Waals surface area contributed by atoms with Gasteiger partial charge in [0.1, 0.15) is 30.1 Å². The molecule has 0 saturated carbocycles. The molecule has 0 spiro atoms. The molecule has 0 saturated heterocycles. The second-order valence-electron chi connectivity index (χ2n) is 9.37. The zero-order valence-corrected chi connectivity index (χ0v) is 24.1. The predicted molar refractivity (Wildman–Crippen MR) is 156 cm³/mol. The molecule has 2 aromatic carbocycles. The molecule has 2 heterocycles. The quantitative estimate of drug-likeness (QED) is 0.236. The van der Waals surface area contributed by atoms with E-state index in [1.807, 2.05) is 32.9 Å². The molecule has 1 amide bonds. The number of benzene rings is 2. The molecule has 4 rings (SSSR count). The molecule has 39 heavy (non-hydrogen) atoms. The molecule has 0 atom stereocenters. The van der Waals surface area contributed by atoms with Crippen molar-refractivity contribution in [2.24, 2.45) is 0 Å². The molecule has 1 N–H and O–H groups in total. The van der Waals surface area contributed by atoms with Gasteiger partial charge in [-0.25, -0.2) is 19.2 Å². The fourth-order valence-corrected chi connectivity index (χ4v) is 4.44. The predicted octanol–water partition coefficient (Wildman–Crippen LogP) is 7.45. The number of hydrogen-bond donors (Lipinski definition) is 1. The van der Waals surface area contributed by atoms with Gasteiger partial charge in [0.2, 0.25) is 0 Å². The highest BCUT2D eigenvalue weighted by molar-refractivity contribution is 7.20. The van der Waals surface area contributed by atoms with Gasteiger partial charge in [-0.2, -0.15) is 0 Å². The molecular weight excluding hydrogens is 562 g/mol. The van der Waals surface area contributed by atoms with Crippen LogP contribution in [0.25, 0.3) is 10.2 Å². The maximum Gasteiger partial charge on any atom is 0.410 e. The molecule has 0 fully saturated rings. The summed E-state index contributed by atoms with van der Waals surface area (Å²) in [5.41, 5.74) is 1.61. The summed E-state index contributed by atoms with van der Waals surface area (Å²) < 4.78 is 25.3. The normalized spacial score (nSPS) is 10.7. The maximum atomic E-state index is 13.4. The number of halogens is 3. The molecule has 0 aliphatic heterocycles. The minimum atomic E-state index is -0.563. The highest BCUT2D eigenvalue weighted by Crippen LogP contribution is 2.33. The Labute approximate surface area is 241 Å². The molecule has 4 aromatic rings. The number of carbonyl (C=O) groups is 1. The second kappa shape index (κ2) is 13.0. The highest BCUT2D eigenvalue weighted by Gasteiger charge is 2.18. The Morgan fingerprint density at radius 2 is 1.97 bits per heavy atom. The third kappa shape index (κ3) is 8.45. The minimum absolute atomic E-state index is 0. The van der Waals surface area contributed by atoms with Crippen molar-refractivity contribution >= 4 is 63.2 Å². The Hall–Kier alpha value is -3.58. The van der Waals surface area contributed by atoms with E-state index in [2.05, 4.69) is 27.1 Å². The Bertz CT molecular complexity index is 1530. The zero-order valence-electron chi connectivity index (χ0n) is 21.7. The van der Waals surface area contributed by atoms with E-state index in [0.717, 1.165) is 15.1 Å². The summed E-state index contributed by atoms with van der Waals surface area (Å²) in [5, 5.41) is 3.68. The second-order valence-corrected chi connectivity index (χ2v) is 10.8. The molecule has 7 nitrogen and oxygen atoms in total. The van der Waals surface area contributed by atoms with E-state index in [1.54, 1.807) is 31.3 Å². The van der Waals surface area contributed by atoms with E-state index in [1.165, 1.54) is 34.7 Å². The Morgan fingerprint density at radius 1 is 1.18 bits per heavy atom. The summed E-state index contributed by atoms with van der Waals surface area (Å²) in [6.45, 7) is 5.88. The van der Waals surface area contributed by atoms with Gasteiger partial charge in [-0.1, -0.05) is 35.6 Å². The van der Waals surface area contributed by atoms with Crippen LogP contribution in [0, 0.1) is 17.7 Å². The average molecular weight is 590 g/mol. The number of anilines is 2. The van der Waals surface area contributed by atoms with Gasteiger partial charge in [0.15, 0.2) is 5.82 Å². The van der Waals surface area contributed by atoms with Crippen molar-refractivity contribution in [3.63, 3.8) is 0 Å². The first-order valence-corrected chi connectivity index (χ1v) is 12.9. The summed E-state index contributed by atoms with van der Waals surface area (Å²) >= 11 is 7.87. The summed E-state index contributed by atoms with van der Waals surface area (Å²) in [4.78, 5) is 23.0. The number of carbonyl (C=O) groups excluding carboxylic acids is 1. The van der Waals surface area contributed by atoms with E-state index in [9.17, 15) is 9.18 Å². The number of fused-ring (bicyclic) bond motifs is 1. The summed E-state index contributed by atoms with van der Waals surface area (Å²) in [5.74, 6) is 6.87. The summed E-state index contributed by atoms with van der Waals surface area (Å²) in [7, 11) is 1.64. The van der Waals surface area contributed by atoms with E-state index in [4.69, 9.17) is 21.1 Å². The number of nitrogens with one attached hydrogen (secondary N) is 1. The molecule has 204 valence electrons. The molecule has 0 unspecified atom stereocenters. The first-order valence-electron chi connectivity index (χ1n) is 11.7. The number of nitrogens with zero attached hydrogens (tertiary/aromatic N) is 3. The topological polar surface area (TPSA) is 76.6 Å². The van der Waals surface area contributed by atoms with Gasteiger partial charge in [0, 0.05) is 12.7 Å². The van der Waals surface area contributed by atoms with Crippen molar-refractivity contribution in [3.8, 4) is 17.6 Å². The van der Waals surface area contributed by atoms with Crippen LogP contribution < -0.4 is 10.1 Å². The van der Waals surface area contributed by atoms with Crippen LogP contribution in [0.5, 0.6) is 5.75 Å². The molecular formula is C28H27Cl2FN4O3S. The van der Waals surface area contributed by atoms with Crippen molar-refractivity contribution in [2.75, 3.05) is 18.9 Å². The van der Waals surface area contributed by atoms with Gasteiger partial charge in [0.05, 0.1) is 26.7 Å². The monoisotopic (exact) mass is 588 g/mol. The fraction of sp³-hybridized carbons (Fsp3) is 0.250. The molecule has 0 aliphatic carbocycles. The third-order valence-electron chi connectivity index (χ3n) is 5.02. The first-order chi connectivity index (χ1) is 18.1. The number of amides is 1. The largest absolute Gasteiger partial charge is 0.487 e. The van der Waals surface area contributed by atoms with E-state index >= 15 is 0 Å². The van der Waals surface area contributed by atoms with E-state index in [-0.39, 0.29) is 31.4 Å². The lowest BCUT2D eigenvalue weighted by atomic mass is 10.2. The van der Waals surface area contributed by atoms with Crippen molar-refractivity contribution in [1.29, 1.82) is 0 Å². The lowest BCUT2D eigenvalue weighted by Gasteiger charge is -2.23. The van der Waals surface area contributed by atoms with Gasteiger partial charge in [-0.3, -0.25) is 0 Å². The maximum absolute atomic E-state index is 13.4. The standard InChI is InChI=1S/C28H26ClFN4O3S.ClH/c1-28(2,3)37-27(35)34(4)12-6-9-21-15-23-25(38-21)26(32-17-31-23)33-20-10-11-24(22(29)14-20)36-16-18-7-5-8-19(30)13-18;/h5,7-8,10-11,13-15,17H,12,16H2,1-4H3,(H,31,32,33);1H. The SMILES string of the molecule is CN(CC#Cc1cc2ncnc(Nc3ccc(OCc4cccc(F)c4)c(Cl)c3)c2s1)C(=O)OC(C)(C)C.Cl. The van der Waals surface area contributed by atoms with Crippen LogP contribution in [0.3, 0.4) is 0 Å². The van der Waals surface area contributed by atoms with Gasteiger partial charge >= 0.3 is 6.09 Å². The number of ether oxygens (including phenoxy) is 2. The minimum Gasteiger partial charge on any atom is -0.487 e. The van der Waals surface area contributed by atoms with Crippen molar-refractivity contribution in [2.45, 2.75) is 33.0 Å². The number of hydrogen-bond acceptors (Lipinski definition) is 7. The first kappa shape index (κ1) is 30.0. The van der Waals surface area contributed by atoms with Gasteiger partial charge < -0.3 is 19.7 Å². The fourth-order valence-electron chi connectivity index (χ4n) is 3.27. The van der Waals surface area contributed by atoms with E-state index < -0.39 is 11.7 Å². The van der Waals surface area contributed by atoms with Crippen molar-refractivity contribution in [1.82, 2.24) is 14.9 Å². The number of aromatic nitrogens is 2. The molecule has 0 radical (unpaired) electrons. The van der Waals surface area contributed by atoms with Crippen LogP contribution in [-0.4, -0.2) is 40.2 Å². The van der Waals surface area contributed by atoms with Crippen LogP contribution >= 0.6 is 35.3 Å². The van der Waals surface area contributed by atoms with Gasteiger partial charge in [-0.05, 0) is 62.7 Å². The average Bonchev–Trinajstić information content (AvgIpc) is 3.26. The number of thiophene rings is 1. The lowest BCUT2D eigenvalue weighted by molar-refractivity contribution is 0.0321. The Kier molecular flexibility index (Phi) is 9.97. The molecule has 2 aromatic heterocycles. The van der Waals surface area contributed by atoms with Crippen molar-refractivity contribution in [3.05, 3.63) is 76.1 Å². The van der Waals surface area contributed by atoms with Crippen LogP contribution in [-0.2, 0) is 11.3 Å².